The van der Waals surface area contributed by atoms with Gasteiger partial charge in [-0.15, -0.1) is 0 Å². The van der Waals surface area contributed by atoms with Crippen molar-refractivity contribution >= 4 is 46.2 Å². The van der Waals surface area contributed by atoms with E-state index < -0.39 is 32.9 Å². The van der Waals surface area contributed by atoms with Gasteiger partial charge in [-0.3, -0.25) is 25.0 Å². The van der Waals surface area contributed by atoms with Gasteiger partial charge in [0.25, 0.3) is 11.7 Å². The van der Waals surface area contributed by atoms with Gasteiger partial charge in [0.2, 0.25) is 0 Å². The first-order valence-electron chi connectivity index (χ1n) is 8.08. The van der Waals surface area contributed by atoms with Gasteiger partial charge in [0, 0.05) is 22.7 Å². The first-order chi connectivity index (χ1) is 14.2. The lowest BCUT2D eigenvalue weighted by molar-refractivity contribution is -0.395. The summed E-state index contributed by atoms with van der Waals surface area (Å²) >= 11 is 12.0. The maximum Gasteiger partial charge on any atom is 0.320 e. The summed E-state index contributed by atoms with van der Waals surface area (Å²) in [6.45, 7) is 0. The summed E-state index contributed by atoms with van der Waals surface area (Å²) in [4.78, 5) is 33.2. The highest BCUT2D eigenvalue weighted by Gasteiger charge is 2.28. The molecular weight excluding hydrogens is 441 g/mol. The standard InChI is InChI=1S/C18H11Cl2N3O7/c1-29-17-13(22(25)26)7-10(8-14(17)23(27)28)21-18(24)16-5-4-15(30-16)11-3-2-9(19)6-12(11)20/h2-8H,1H3,(H,21,24). The summed E-state index contributed by atoms with van der Waals surface area (Å²) in [5.41, 5.74) is -1.03. The predicted molar refractivity (Wildman–Crippen MR) is 108 cm³/mol. The lowest BCUT2D eigenvalue weighted by Crippen LogP contribution is -2.11. The van der Waals surface area contributed by atoms with E-state index in [0.717, 1.165) is 19.2 Å². The number of nitrogens with one attached hydrogen (secondary N) is 1. The highest BCUT2D eigenvalue weighted by atomic mass is 35.5. The Kier molecular flexibility index (Phi) is 5.90. The third kappa shape index (κ3) is 4.19. The van der Waals surface area contributed by atoms with Crippen molar-refractivity contribution in [1.29, 1.82) is 0 Å². The van der Waals surface area contributed by atoms with Crippen molar-refractivity contribution in [3.05, 3.63) is 78.5 Å². The molecule has 30 heavy (non-hydrogen) atoms. The maximum absolute atomic E-state index is 12.5. The van der Waals surface area contributed by atoms with Crippen LogP contribution in [0, 0.1) is 20.2 Å². The quantitative estimate of drug-likeness (QED) is 0.394. The number of methoxy groups -OCH3 is 1. The van der Waals surface area contributed by atoms with Crippen LogP contribution in [0.4, 0.5) is 17.1 Å². The van der Waals surface area contributed by atoms with E-state index in [2.05, 4.69) is 5.32 Å². The molecule has 0 radical (unpaired) electrons. The first kappa shape index (κ1) is 21.1. The van der Waals surface area contributed by atoms with Crippen LogP contribution in [0.5, 0.6) is 5.75 Å². The van der Waals surface area contributed by atoms with Gasteiger partial charge < -0.3 is 14.5 Å². The number of amides is 1. The van der Waals surface area contributed by atoms with Crippen LogP contribution in [-0.4, -0.2) is 22.9 Å². The van der Waals surface area contributed by atoms with E-state index in [9.17, 15) is 25.0 Å². The highest BCUT2D eigenvalue weighted by Crippen LogP contribution is 2.39. The van der Waals surface area contributed by atoms with Crippen LogP contribution in [0.25, 0.3) is 11.3 Å². The molecule has 0 fully saturated rings. The second-order valence-electron chi connectivity index (χ2n) is 5.80. The van der Waals surface area contributed by atoms with Crippen molar-refractivity contribution in [3.8, 4) is 17.1 Å². The maximum atomic E-state index is 12.5. The molecule has 154 valence electrons. The molecule has 0 bridgehead atoms. The number of carbonyl (C=O) groups excluding carboxylic acids is 1. The van der Waals surface area contributed by atoms with Gasteiger partial charge in [0.1, 0.15) is 5.76 Å². The molecule has 1 N–H and O–H groups in total. The lowest BCUT2D eigenvalue weighted by Gasteiger charge is -2.07. The Bertz CT molecular complexity index is 1140. The van der Waals surface area contributed by atoms with Crippen LogP contribution in [0.15, 0.2) is 46.9 Å². The number of benzene rings is 2. The summed E-state index contributed by atoms with van der Waals surface area (Å²) in [5.74, 6) is -1.16. The number of ether oxygens (including phenoxy) is 1. The van der Waals surface area contributed by atoms with Crippen molar-refractivity contribution in [2.24, 2.45) is 0 Å². The molecule has 10 nitrogen and oxygen atoms in total. The second-order valence-corrected chi connectivity index (χ2v) is 6.65. The molecule has 1 aromatic heterocycles. The molecule has 0 atom stereocenters. The minimum absolute atomic E-state index is 0.142. The molecule has 0 saturated carbocycles. The van der Waals surface area contributed by atoms with Gasteiger partial charge in [0.15, 0.2) is 5.76 Å². The molecule has 3 aromatic rings. The van der Waals surface area contributed by atoms with Crippen LogP contribution in [0.3, 0.4) is 0 Å². The van der Waals surface area contributed by atoms with Gasteiger partial charge in [0.05, 0.1) is 27.7 Å². The van der Waals surface area contributed by atoms with Crippen LogP contribution in [0.2, 0.25) is 10.0 Å². The number of hydrogen-bond acceptors (Lipinski definition) is 7. The molecule has 3 rings (SSSR count). The van der Waals surface area contributed by atoms with Crippen molar-refractivity contribution in [2.75, 3.05) is 12.4 Å². The number of nitro groups is 2. The Balaban J connectivity index is 1.92. The van der Waals surface area contributed by atoms with Crippen LogP contribution in [0.1, 0.15) is 10.6 Å². The zero-order chi connectivity index (χ0) is 22.0. The molecule has 0 aliphatic rings. The number of nitro benzene ring substituents is 2. The minimum atomic E-state index is -0.852. The highest BCUT2D eigenvalue weighted by molar-refractivity contribution is 6.36. The van der Waals surface area contributed by atoms with Crippen molar-refractivity contribution in [1.82, 2.24) is 0 Å². The van der Waals surface area contributed by atoms with E-state index in [1.54, 1.807) is 12.1 Å². The fourth-order valence-electron chi connectivity index (χ4n) is 2.64. The number of carbonyl (C=O) groups is 1. The smallest absolute Gasteiger partial charge is 0.320 e. The van der Waals surface area contributed by atoms with E-state index in [-0.39, 0.29) is 17.2 Å². The van der Waals surface area contributed by atoms with Crippen LogP contribution < -0.4 is 10.1 Å². The summed E-state index contributed by atoms with van der Waals surface area (Å²) in [5, 5.41) is 25.5. The number of halogens is 2. The largest absolute Gasteiger partial charge is 0.485 e. The first-order valence-corrected chi connectivity index (χ1v) is 8.84. The monoisotopic (exact) mass is 451 g/mol. The second kappa shape index (κ2) is 8.39. The molecule has 1 heterocycles. The summed E-state index contributed by atoms with van der Waals surface area (Å²) in [6, 6.07) is 9.48. The van der Waals surface area contributed by atoms with Gasteiger partial charge >= 0.3 is 11.4 Å². The number of furan rings is 1. The molecule has 1 amide bonds. The fraction of sp³-hybridized carbons (Fsp3) is 0.0556. The van der Waals surface area contributed by atoms with E-state index in [1.807, 2.05) is 0 Å². The van der Waals surface area contributed by atoms with Gasteiger partial charge in [-0.05, 0) is 30.3 Å². The zero-order valence-corrected chi connectivity index (χ0v) is 16.6. The lowest BCUT2D eigenvalue weighted by atomic mass is 10.2. The van der Waals surface area contributed by atoms with Crippen molar-refractivity contribution in [2.45, 2.75) is 0 Å². The predicted octanol–water partition coefficient (Wildman–Crippen LogP) is 5.33. The molecule has 0 unspecified atom stereocenters. The normalized spacial score (nSPS) is 10.5. The number of hydrogen-bond donors (Lipinski definition) is 1. The van der Waals surface area contributed by atoms with Gasteiger partial charge in [-0.2, -0.15) is 0 Å². The van der Waals surface area contributed by atoms with Crippen LogP contribution >= 0.6 is 23.2 Å². The molecule has 0 aliphatic heterocycles. The zero-order valence-electron chi connectivity index (χ0n) is 15.0. The van der Waals surface area contributed by atoms with E-state index >= 15 is 0 Å². The van der Waals surface area contributed by atoms with E-state index in [4.69, 9.17) is 32.4 Å². The van der Waals surface area contributed by atoms with E-state index in [1.165, 1.54) is 18.2 Å². The summed E-state index contributed by atoms with van der Waals surface area (Å²) in [7, 11) is 1.07. The molecule has 0 spiro atoms. The third-order valence-electron chi connectivity index (χ3n) is 3.93. The van der Waals surface area contributed by atoms with E-state index in [0.29, 0.717) is 15.6 Å². The topological polar surface area (TPSA) is 138 Å². The third-order valence-corrected chi connectivity index (χ3v) is 4.48. The van der Waals surface area contributed by atoms with Crippen molar-refractivity contribution < 1.29 is 23.8 Å². The SMILES string of the molecule is COc1c([N+](=O)[O-])cc(NC(=O)c2ccc(-c3ccc(Cl)cc3Cl)o2)cc1[N+](=O)[O-]. The number of anilines is 1. The van der Waals surface area contributed by atoms with Crippen LogP contribution in [-0.2, 0) is 0 Å². The molecular formula is C18H11Cl2N3O7. The number of nitrogens with zero attached hydrogens (tertiary/aromatic N) is 2. The van der Waals surface area contributed by atoms with Gasteiger partial charge in [-0.1, -0.05) is 23.2 Å². The molecule has 0 saturated heterocycles. The Morgan fingerprint density at radius 3 is 2.20 bits per heavy atom. The molecule has 2 aromatic carbocycles. The number of rotatable bonds is 6. The van der Waals surface area contributed by atoms with Gasteiger partial charge in [-0.25, -0.2) is 0 Å². The summed E-state index contributed by atoms with van der Waals surface area (Å²) < 4.78 is 10.3. The molecule has 12 heteroatoms. The Morgan fingerprint density at radius 2 is 1.67 bits per heavy atom. The van der Waals surface area contributed by atoms with Crippen molar-refractivity contribution in [3.63, 3.8) is 0 Å². The summed E-state index contributed by atoms with van der Waals surface area (Å²) in [6.07, 6.45) is 0. The Labute approximate surface area is 178 Å². The Hall–Kier alpha value is -3.63. The Morgan fingerprint density at radius 1 is 1.03 bits per heavy atom. The average Bonchev–Trinajstić information content (AvgIpc) is 3.17. The average molecular weight is 452 g/mol. The fourth-order valence-corrected chi connectivity index (χ4v) is 3.14. The minimum Gasteiger partial charge on any atom is -0.485 e. The molecule has 0 aliphatic carbocycles.